The summed E-state index contributed by atoms with van der Waals surface area (Å²) >= 11 is 0. The second kappa shape index (κ2) is 11.8. The number of carbonyl (C=O) groups excluding carboxylic acids is 1. The van der Waals surface area contributed by atoms with E-state index in [9.17, 15) is 18.3 Å². The van der Waals surface area contributed by atoms with Crippen molar-refractivity contribution in [2.45, 2.75) is 25.5 Å². The highest BCUT2D eigenvalue weighted by Gasteiger charge is 2.15. The van der Waals surface area contributed by atoms with E-state index in [-0.39, 0.29) is 11.7 Å². The van der Waals surface area contributed by atoms with Gasteiger partial charge in [0.1, 0.15) is 11.5 Å². The summed E-state index contributed by atoms with van der Waals surface area (Å²) in [7, 11) is -3.41. The molecule has 38 heavy (non-hydrogen) atoms. The Morgan fingerprint density at radius 2 is 1.47 bits per heavy atom. The first kappa shape index (κ1) is 26.8. The number of aromatic hydroxyl groups is 1. The lowest BCUT2D eigenvalue weighted by Crippen LogP contribution is -2.22. The summed E-state index contributed by atoms with van der Waals surface area (Å²) < 4.78 is 32.7. The van der Waals surface area contributed by atoms with E-state index >= 15 is 0 Å². The topological polar surface area (TPSA) is 105 Å². The van der Waals surface area contributed by atoms with Crippen LogP contribution < -0.4 is 14.8 Å². The number of phenols is 1. The summed E-state index contributed by atoms with van der Waals surface area (Å²) in [6, 6.07) is 28.5. The van der Waals surface area contributed by atoms with E-state index in [0.717, 1.165) is 16.7 Å². The molecule has 0 aliphatic carbocycles. The Labute approximate surface area is 223 Å². The Bertz CT molecular complexity index is 1500. The molecule has 196 valence electrons. The van der Waals surface area contributed by atoms with Gasteiger partial charge in [0.2, 0.25) is 10.0 Å². The maximum Gasteiger partial charge on any atom is 0.255 e. The first-order valence-corrected chi connectivity index (χ1v) is 13.8. The molecule has 3 N–H and O–H groups in total. The molecule has 0 bridgehead atoms. The summed E-state index contributed by atoms with van der Waals surface area (Å²) in [6.45, 7) is 3.65. The van der Waals surface area contributed by atoms with Crippen molar-refractivity contribution in [3.8, 4) is 22.6 Å². The Balaban J connectivity index is 1.32. The Morgan fingerprint density at radius 3 is 2.16 bits per heavy atom. The molecule has 0 aliphatic rings. The predicted molar refractivity (Wildman–Crippen MR) is 151 cm³/mol. The summed E-state index contributed by atoms with van der Waals surface area (Å²) in [5, 5.41) is 11.8. The molecule has 0 unspecified atom stereocenters. The lowest BCUT2D eigenvalue weighted by atomic mass is 10.0. The molecule has 0 spiro atoms. The molecule has 0 atom stereocenters. The number of sulfonamides is 1. The van der Waals surface area contributed by atoms with Gasteiger partial charge in [-0.15, -0.1) is 0 Å². The quantitative estimate of drug-likeness (QED) is 0.230. The lowest BCUT2D eigenvalue weighted by Gasteiger charge is -2.12. The molecule has 0 aliphatic heterocycles. The zero-order valence-corrected chi connectivity index (χ0v) is 22.0. The molecule has 0 heterocycles. The molecule has 0 saturated heterocycles. The van der Waals surface area contributed by atoms with E-state index in [1.165, 1.54) is 0 Å². The van der Waals surface area contributed by atoms with Crippen LogP contribution in [0.3, 0.4) is 0 Å². The molecular weight excluding hydrogens is 500 g/mol. The summed E-state index contributed by atoms with van der Waals surface area (Å²) in [5.41, 5.74) is 4.49. The fourth-order valence-electron chi connectivity index (χ4n) is 3.69. The van der Waals surface area contributed by atoms with Gasteiger partial charge < -0.3 is 15.2 Å². The van der Waals surface area contributed by atoms with Gasteiger partial charge >= 0.3 is 0 Å². The molecule has 4 aromatic carbocycles. The van der Waals surface area contributed by atoms with Gasteiger partial charge in [-0.05, 0) is 79.1 Å². The number of benzene rings is 4. The zero-order valence-electron chi connectivity index (χ0n) is 21.2. The van der Waals surface area contributed by atoms with E-state index in [4.69, 9.17) is 4.74 Å². The van der Waals surface area contributed by atoms with Gasteiger partial charge in [0.15, 0.2) is 0 Å². The van der Waals surface area contributed by atoms with E-state index in [2.05, 4.69) is 10.0 Å². The van der Waals surface area contributed by atoms with Gasteiger partial charge in [-0.1, -0.05) is 42.5 Å². The third kappa shape index (κ3) is 7.14. The van der Waals surface area contributed by atoms with Crippen molar-refractivity contribution in [1.29, 1.82) is 0 Å². The molecule has 0 fully saturated rings. The highest BCUT2D eigenvalue weighted by molar-refractivity contribution is 7.93. The van der Waals surface area contributed by atoms with Crippen molar-refractivity contribution in [2.24, 2.45) is 0 Å². The van der Waals surface area contributed by atoms with Gasteiger partial charge in [-0.25, -0.2) is 8.42 Å². The van der Waals surface area contributed by atoms with Crippen LogP contribution in [0.5, 0.6) is 11.5 Å². The number of rotatable bonds is 10. The molecule has 4 rings (SSSR count). The number of anilines is 2. The monoisotopic (exact) mass is 530 g/mol. The first-order chi connectivity index (χ1) is 18.2. The number of amides is 1. The highest BCUT2D eigenvalue weighted by Crippen LogP contribution is 2.23. The maximum atomic E-state index is 12.8. The van der Waals surface area contributed by atoms with Crippen LogP contribution in [-0.4, -0.2) is 31.3 Å². The second-order valence-corrected chi connectivity index (χ2v) is 11.3. The molecule has 1 amide bonds. The SMILES string of the molecule is CC(C)S(=O)(=O)Nc1cccc(CCOc2cccc(NC(=O)c3ccc(-c4ccc(O)cc4)cc3)c2)c1. The third-order valence-corrected chi connectivity index (χ3v) is 7.67. The Kier molecular flexibility index (Phi) is 8.33. The van der Waals surface area contributed by atoms with Crippen LogP contribution in [-0.2, 0) is 16.4 Å². The van der Waals surface area contributed by atoms with Gasteiger partial charge in [-0.2, -0.15) is 0 Å². The molecular formula is C30H30N2O5S. The van der Waals surface area contributed by atoms with Crippen LogP contribution in [0, 0.1) is 0 Å². The standard InChI is InChI=1S/C30H30N2O5S/c1-21(2)38(35,36)32-27-7-3-5-22(19-27)17-18-37-29-8-4-6-26(20-29)31-30(34)25-11-9-23(10-12-25)24-13-15-28(33)16-14-24/h3-16,19-21,32-33H,17-18H2,1-2H3,(H,31,34). The number of nitrogens with one attached hydrogen (secondary N) is 2. The van der Waals surface area contributed by atoms with Crippen molar-refractivity contribution in [1.82, 2.24) is 0 Å². The summed E-state index contributed by atoms with van der Waals surface area (Å²) in [5.74, 6) is 0.583. The minimum atomic E-state index is -3.41. The highest BCUT2D eigenvalue weighted by atomic mass is 32.2. The smallest absolute Gasteiger partial charge is 0.255 e. The fraction of sp³-hybridized carbons (Fsp3) is 0.167. The van der Waals surface area contributed by atoms with Crippen LogP contribution in [0.15, 0.2) is 97.1 Å². The van der Waals surface area contributed by atoms with Crippen LogP contribution >= 0.6 is 0 Å². The van der Waals surface area contributed by atoms with Crippen molar-refractivity contribution >= 4 is 27.3 Å². The van der Waals surface area contributed by atoms with Crippen molar-refractivity contribution < 1.29 is 23.1 Å². The van der Waals surface area contributed by atoms with Gasteiger partial charge in [0.25, 0.3) is 5.91 Å². The van der Waals surface area contributed by atoms with Gasteiger partial charge in [0.05, 0.1) is 11.9 Å². The van der Waals surface area contributed by atoms with Crippen LogP contribution in [0.2, 0.25) is 0 Å². The number of ether oxygens (including phenoxy) is 1. The van der Waals surface area contributed by atoms with Crippen molar-refractivity contribution in [3.05, 3.63) is 108 Å². The number of carbonyl (C=O) groups is 1. The van der Waals surface area contributed by atoms with Crippen molar-refractivity contribution in [3.63, 3.8) is 0 Å². The molecule has 7 nitrogen and oxygen atoms in total. The minimum absolute atomic E-state index is 0.206. The number of phenolic OH excluding ortho intramolecular Hbond substituents is 1. The molecule has 0 saturated carbocycles. The zero-order chi connectivity index (χ0) is 27.1. The summed E-state index contributed by atoms with van der Waals surface area (Å²) in [6.07, 6.45) is 0.585. The van der Waals surface area contributed by atoms with E-state index in [0.29, 0.717) is 35.7 Å². The predicted octanol–water partition coefficient (Wildman–Crippen LogP) is 6.08. The Morgan fingerprint density at radius 1 is 0.842 bits per heavy atom. The van der Waals surface area contributed by atoms with Crippen LogP contribution in [0.4, 0.5) is 11.4 Å². The molecule has 0 radical (unpaired) electrons. The van der Waals surface area contributed by atoms with Crippen molar-refractivity contribution in [2.75, 3.05) is 16.6 Å². The normalized spacial score (nSPS) is 11.2. The van der Waals surface area contributed by atoms with E-state index < -0.39 is 15.3 Å². The largest absolute Gasteiger partial charge is 0.508 e. The van der Waals surface area contributed by atoms with Gasteiger partial charge in [-0.3, -0.25) is 9.52 Å². The van der Waals surface area contributed by atoms with E-state index in [1.54, 1.807) is 74.5 Å². The number of hydrogen-bond donors (Lipinski definition) is 3. The Hall–Kier alpha value is -4.30. The van der Waals surface area contributed by atoms with E-state index in [1.807, 2.05) is 36.4 Å². The van der Waals surface area contributed by atoms with Crippen LogP contribution in [0.1, 0.15) is 29.8 Å². The maximum absolute atomic E-state index is 12.8. The average Bonchev–Trinajstić information content (AvgIpc) is 2.89. The molecule has 8 heteroatoms. The third-order valence-electron chi connectivity index (χ3n) is 5.91. The average molecular weight is 531 g/mol. The first-order valence-electron chi connectivity index (χ1n) is 12.2. The lowest BCUT2D eigenvalue weighted by molar-refractivity contribution is 0.102. The minimum Gasteiger partial charge on any atom is -0.508 e. The second-order valence-electron chi connectivity index (χ2n) is 9.10. The van der Waals surface area contributed by atoms with Crippen LogP contribution in [0.25, 0.3) is 11.1 Å². The summed E-state index contributed by atoms with van der Waals surface area (Å²) in [4.78, 5) is 12.8. The fourth-order valence-corrected chi connectivity index (χ4v) is 4.39. The number of hydrogen-bond acceptors (Lipinski definition) is 5. The molecule has 0 aromatic heterocycles. The van der Waals surface area contributed by atoms with Gasteiger partial charge in [0, 0.05) is 29.4 Å². The molecule has 4 aromatic rings.